The first kappa shape index (κ1) is 31.6. The molecule has 0 spiro atoms. The third-order valence-corrected chi connectivity index (χ3v) is 11.9. The number of benzene rings is 9. The van der Waals surface area contributed by atoms with Crippen LogP contribution in [0.15, 0.2) is 182 Å². The number of nitrogens with zero attached hydrogens (tertiary/aromatic N) is 2. The van der Waals surface area contributed by atoms with Crippen molar-refractivity contribution in [1.82, 2.24) is 9.97 Å². The maximum absolute atomic E-state index is 5.38. The minimum Gasteiger partial charge on any atom is -0.228 e. The largest absolute Gasteiger partial charge is 0.228 e. The van der Waals surface area contributed by atoms with Crippen LogP contribution in [0.25, 0.3) is 99.2 Å². The average Bonchev–Trinajstić information content (AvgIpc) is 3.46. The summed E-state index contributed by atoms with van der Waals surface area (Å²) in [5, 5.41) is 9.61. The van der Waals surface area contributed by atoms with E-state index in [1.165, 1.54) is 71.1 Å². The Kier molecular flexibility index (Phi) is 6.93. The summed E-state index contributed by atoms with van der Waals surface area (Å²) in [7, 11) is 0. The molecule has 0 amide bonds. The molecule has 0 fully saturated rings. The van der Waals surface area contributed by atoms with E-state index in [1.54, 1.807) is 0 Å². The molecule has 0 radical (unpaired) electrons. The van der Waals surface area contributed by atoms with Gasteiger partial charge in [0.05, 0.1) is 11.4 Å². The van der Waals surface area contributed by atoms with Gasteiger partial charge in [-0.25, -0.2) is 9.97 Å². The molecule has 258 valence electrons. The van der Waals surface area contributed by atoms with E-state index >= 15 is 0 Å². The van der Waals surface area contributed by atoms with Gasteiger partial charge in [-0.2, -0.15) is 0 Å². The van der Waals surface area contributed by atoms with E-state index in [1.807, 2.05) is 0 Å². The summed E-state index contributed by atoms with van der Waals surface area (Å²) in [5.41, 5.74) is 12.8. The smallest absolute Gasteiger partial charge is 0.161 e. The molecule has 0 bridgehead atoms. The fraction of sp³-hybridized carbons (Fsp3) is 0.0566. The fourth-order valence-electron chi connectivity index (χ4n) is 9.09. The summed E-state index contributed by atoms with van der Waals surface area (Å²) in [6, 6.07) is 66.0. The van der Waals surface area contributed by atoms with Gasteiger partial charge < -0.3 is 0 Å². The van der Waals surface area contributed by atoms with E-state index in [0.717, 1.165) is 33.5 Å². The first-order valence-corrected chi connectivity index (χ1v) is 19.1. The van der Waals surface area contributed by atoms with Gasteiger partial charge in [0.1, 0.15) is 0 Å². The van der Waals surface area contributed by atoms with Gasteiger partial charge in [-0.3, -0.25) is 0 Å². The highest BCUT2D eigenvalue weighted by atomic mass is 14.9. The van der Waals surface area contributed by atoms with Gasteiger partial charge in [-0.05, 0) is 107 Å². The monoisotopic (exact) mass is 700 g/mol. The van der Waals surface area contributed by atoms with E-state index in [9.17, 15) is 0 Å². The Morgan fingerprint density at radius 1 is 0.327 bits per heavy atom. The molecule has 9 aromatic carbocycles. The summed E-state index contributed by atoms with van der Waals surface area (Å²) in [5.74, 6) is 0.715. The van der Waals surface area contributed by atoms with Gasteiger partial charge in [0.25, 0.3) is 0 Å². The van der Waals surface area contributed by atoms with E-state index in [2.05, 4.69) is 196 Å². The van der Waals surface area contributed by atoms with Crippen LogP contribution in [0.2, 0.25) is 0 Å². The maximum Gasteiger partial charge on any atom is 0.161 e. The highest BCUT2D eigenvalue weighted by Gasteiger charge is 2.36. The Bertz CT molecular complexity index is 3080. The topological polar surface area (TPSA) is 25.8 Å². The summed E-state index contributed by atoms with van der Waals surface area (Å²) >= 11 is 0. The Balaban J connectivity index is 1.11. The first-order chi connectivity index (χ1) is 27.0. The Morgan fingerprint density at radius 3 is 1.45 bits per heavy atom. The van der Waals surface area contributed by atoms with E-state index in [4.69, 9.17) is 9.97 Å². The lowest BCUT2D eigenvalue weighted by atomic mass is 9.81. The second-order valence-corrected chi connectivity index (χ2v) is 15.4. The lowest BCUT2D eigenvalue weighted by Gasteiger charge is -2.22. The van der Waals surface area contributed by atoms with Gasteiger partial charge in [0.15, 0.2) is 5.82 Å². The van der Waals surface area contributed by atoms with E-state index in [-0.39, 0.29) is 5.41 Å². The van der Waals surface area contributed by atoms with Crippen molar-refractivity contribution in [2.24, 2.45) is 0 Å². The van der Waals surface area contributed by atoms with Crippen LogP contribution in [-0.2, 0) is 5.41 Å². The molecule has 0 aliphatic heterocycles. The zero-order valence-corrected chi connectivity index (χ0v) is 30.7. The van der Waals surface area contributed by atoms with Crippen LogP contribution in [0.4, 0.5) is 0 Å². The molecule has 11 rings (SSSR count). The Hall–Kier alpha value is -6.90. The zero-order chi connectivity index (χ0) is 36.7. The zero-order valence-electron chi connectivity index (χ0n) is 30.7. The van der Waals surface area contributed by atoms with Gasteiger partial charge in [-0.15, -0.1) is 0 Å². The van der Waals surface area contributed by atoms with Crippen molar-refractivity contribution in [3.8, 4) is 56.2 Å². The lowest BCUT2D eigenvalue weighted by molar-refractivity contribution is 0.661. The second kappa shape index (κ2) is 12.1. The van der Waals surface area contributed by atoms with Crippen LogP contribution in [0, 0.1) is 0 Å². The predicted molar refractivity (Wildman–Crippen MR) is 231 cm³/mol. The lowest BCUT2D eigenvalue weighted by Crippen LogP contribution is -2.14. The van der Waals surface area contributed by atoms with Crippen LogP contribution in [-0.4, -0.2) is 9.97 Å². The molecule has 0 saturated heterocycles. The first-order valence-electron chi connectivity index (χ1n) is 19.1. The molecule has 55 heavy (non-hydrogen) atoms. The third kappa shape index (κ3) is 4.95. The third-order valence-electron chi connectivity index (χ3n) is 11.9. The minimum atomic E-state index is -0.0760. The van der Waals surface area contributed by atoms with E-state index in [0.29, 0.717) is 5.82 Å². The van der Waals surface area contributed by atoms with Crippen LogP contribution < -0.4 is 0 Å². The van der Waals surface area contributed by atoms with Crippen LogP contribution in [0.5, 0.6) is 0 Å². The highest BCUT2D eigenvalue weighted by molar-refractivity contribution is 6.06. The molecule has 1 aliphatic carbocycles. The number of fused-ring (bicyclic) bond motifs is 7. The predicted octanol–water partition coefficient (Wildman–Crippen LogP) is 14.1. The van der Waals surface area contributed by atoms with E-state index < -0.39 is 0 Å². The fourth-order valence-corrected chi connectivity index (χ4v) is 9.09. The molecule has 2 heteroatoms. The maximum atomic E-state index is 5.38. The molecule has 0 saturated carbocycles. The number of hydrogen-bond acceptors (Lipinski definition) is 2. The molecule has 1 aromatic heterocycles. The SMILES string of the molecule is CC1(C)c2ccc(-c3ccc(-c4nc(-c5cccc6ccccc56)cc(-c5cccc6ccccc56)n4)c4ccccc34)cc2-c2cc3ccccc3cc21. The van der Waals surface area contributed by atoms with Gasteiger partial charge in [0.2, 0.25) is 0 Å². The number of hydrogen-bond donors (Lipinski definition) is 0. The van der Waals surface area contributed by atoms with Gasteiger partial charge >= 0.3 is 0 Å². The normalized spacial score (nSPS) is 13.1. The van der Waals surface area contributed by atoms with Crippen LogP contribution in [0.3, 0.4) is 0 Å². The summed E-state index contributed by atoms with van der Waals surface area (Å²) in [6.07, 6.45) is 0. The summed E-state index contributed by atoms with van der Waals surface area (Å²) < 4.78 is 0. The Labute approximate surface area is 320 Å². The van der Waals surface area contributed by atoms with Crippen molar-refractivity contribution in [3.63, 3.8) is 0 Å². The van der Waals surface area contributed by atoms with Crippen LogP contribution in [0.1, 0.15) is 25.0 Å². The Morgan fingerprint density at radius 2 is 0.818 bits per heavy atom. The minimum absolute atomic E-state index is 0.0760. The number of rotatable bonds is 4. The molecule has 10 aromatic rings. The molecule has 0 N–H and O–H groups in total. The van der Waals surface area contributed by atoms with Crippen molar-refractivity contribution in [2.45, 2.75) is 19.3 Å². The van der Waals surface area contributed by atoms with Gasteiger partial charge in [0, 0.05) is 22.1 Å². The summed E-state index contributed by atoms with van der Waals surface area (Å²) in [6.45, 7) is 4.71. The molecular weight excluding hydrogens is 665 g/mol. The van der Waals surface area contributed by atoms with Crippen molar-refractivity contribution >= 4 is 43.1 Å². The molecule has 2 nitrogen and oxygen atoms in total. The second-order valence-electron chi connectivity index (χ2n) is 15.4. The molecule has 0 unspecified atom stereocenters. The van der Waals surface area contributed by atoms with Crippen molar-refractivity contribution in [2.75, 3.05) is 0 Å². The van der Waals surface area contributed by atoms with Crippen molar-refractivity contribution < 1.29 is 0 Å². The van der Waals surface area contributed by atoms with Crippen molar-refractivity contribution in [3.05, 3.63) is 193 Å². The molecule has 0 atom stereocenters. The molecule has 1 heterocycles. The number of aromatic nitrogens is 2. The quantitative estimate of drug-likeness (QED) is 0.183. The van der Waals surface area contributed by atoms with Crippen LogP contribution >= 0.6 is 0 Å². The molecule has 1 aliphatic rings. The summed E-state index contributed by atoms with van der Waals surface area (Å²) in [4.78, 5) is 10.8. The van der Waals surface area contributed by atoms with Gasteiger partial charge in [-0.1, -0.05) is 166 Å². The van der Waals surface area contributed by atoms with Crippen molar-refractivity contribution in [1.29, 1.82) is 0 Å². The standard InChI is InChI=1S/C53H36N2/c1-53(2)48-28-25-37(30-46(48)47-29-35-15-3-4-16-36(35)31-49(47)53)40-26-27-45(42-22-10-9-21-41(40)42)52-54-50(43-23-11-17-33-13-5-7-19-38(33)43)32-51(55-52)44-24-12-18-34-14-6-8-20-39(34)44/h3-32H,1-2H3. The molecular formula is C53H36N2. The highest BCUT2D eigenvalue weighted by Crippen LogP contribution is 2.51. The average molecular weight is 701 g/mol.